The molecule has 0 bridgehead atoms. The Morgan fingerprint density at radius 2 is 2.00 bits per heavy atom. The standard InChI is InChI=1S/C17H28N2S/c1-17(2)10-15(12-20-13-17)18-16(11-19(3)4)14-8-6-5-7-9-14/h5-9,15-16,18H,10-13H2,1-4H3. The van der Waals surface area contributed by atoms with Gasteiger partial charge in [0.05, 0.1) is 0 Å². The lowest BCUT2D eigenvalue weighted by atomic mass is 9.87. The van der Waals surface area contributed by atoms with E-state index in [1.165, 1.54) is 23.5 Å². The Balaban J connectivity index is 2.04. The van der Waals surface area contributed by atoms with E-state index in [1.54, 1.807) is 0 Å². The molecule has 0 radical (unpaired) electrons. The topological polar surface area (TPSA) is 15.3 Å². The van der Waals surface area contributed by atoms with Crippen LogP contribution in [0.2, 0.25) is 0 Å². The summed E-state index contributed by atoms with van der Waals surface area (Å²) < 4.78 is 0. The smallest absolute Gasteiger partial charge is 0.0451 e. The highest BCUT2D eigenvalue weighted by Crippen LogP contribution is 2.34. The van der Waals surface area contributed by atoms with Crippen LogP contribution in [0, 0.1) is 5.41 Å². The van der Waals surface area contributed by atoms with Gasteiger partial charge in [0.1, 0.15) is 0 Å². The molecule has 0 aliphatic carbocycles. The van der Waals surface area contributed by atoms with E-state index in [1.807, 2.05) is 0 Å². The number of likely N-dealkylation sites (N-methyl/N-ethyl adjacent to an activating group) is 1. The molecule has 0 amide bonds. The predicted molar refractivity (Wildman–Crippen MR) is 90.4 cm³/mol. The van der Waals surface area contributed by atoms with E-state index >= 15 is 0 Å². The number of rotatable bonds is 5. The van der Waals surface area contributed by atoms with Crippen LogP contribution in [0.15, 0.2) is 30.3 Å². The lowest BCUT2D eigenvalue weighted by Gasteiger charge is -2.37. The van der Waals surface area contributed by atoms with Gasteiger partial charge in [-0.3, -0.25) is 0 Å². The Kier molecular flexibility index (Phi) is 5.53. The number of hydrogen-bond acceptors (Lipinski definition) is 3. The molecule has 20 heavy (non-hydrogen) atoms. The zero-order valence-corrected chi connectivity index (χ0v) is 14.0. The van der Waals surface area contributed by atoms with E-state index in [0.717, 1.165) is 6.54 Å². The average molecular weight is 292 g/mol. The molecule has 2 atom stereocenters. The number of thioether (sulfide) groups is 1. The first kappa shape index (κ1) is 15.9. The molecule has 0 spiro atoms. The summed E-state index contributed by atoms with van der Waals surface area (Å²) in [6, 6.07) is 11.9. The van der Waals surface area contributed by atoms with Crippen molar-refractivity contribution in [1.29, 1.82) is 0 Å². The molecule has 2 unspecified atom stereocenters. The highest BCUT2D eigenvalue weighted by Gasteiger charge is 2.29. The second-order valence-corrected chi connectivity index (χ2v) is 8.00. The van der Waals surface area contributed by atoms with Crippen molar-refractivity contribution in [3.8, 4) is 0 Å². The predicted octanol–water partition coefficient (Wildman–Crippen LogP) is 3.41. The monoisotopic (exact) mass is 292 g/mol. The Hall–Kier alpha value is -0.510. The molecule has 1 fully saturated rings. The highest BCUT2D eigenvalue weighted by atomic mass is 32.2. The molecule has 2 rings (SSSR count). The first-order valence-electron chi connectivity index (χ1n) is 7.50. The molecule has 1 aliphatic rings. The van der Waals surface area contributed by atoms with Crippen LogP contribution in [-0.2, 0) is 0 Å². The van der Waals surface area contributed by atoms with Crippen molar-refractivity contribution < 1.29 is 0 Å². The Labute approximate surface area is 128 Å². The third-order valence-electron chi connectivity index (χ3n) is 3.80. The van der Waals surface area contributed by atoms with Gasteiger partial charge in [-0.25, -0.2) is 0 Å². The molecule has 1 saturated heterocycles. The van der Waals surface area contributed by atoms with E-state index in [9.17, 15) is 0 Å². The first-order chi connectivity index (χ1) is 9.46. The van der Waals surface area contributed by atoms with Crippen LogP contribution in [0.5, 0.6) is 0 Å². The van der Waals surface area contributed by atoms with Gasteiger partial charge in [0.15, 0.2) is 0 Å². The molecule has 0 saturated carbocycles. The molecular weight excluding hydrogens is 264 g/mol. The van der Waals surface area contributed by atoms with Gasteiger partial charge in [-0.1, -0.05) is 44.2 Å². The van der Waals surface area contributed by atoms with Gasteiger partial charge in [0, 0.05) is 24.4 Å². The fourth-order valence-corrected chi connectivity index (χ4v) is 4.25. The molecule has 1 aromatic carbocycles. The van der Waals surface area contributed by atoms with Crippen molar-refractivity contribution in [3.63, 3.8) is 0 Å². The van der Waals surface area contributed by atoms with Gasteiger partial charge >= 0.3 is 0 Å². The van der Waals surface area contributed by atoms with Gasteiger partial charge in [-0.15, -0.1) is 0 Å². The Morgan fingerprint density at radius 3 is 2.60 bits per heavy atom. The molecule has 3 heteroatoms. The van der Waals surface area contributed by atoms with Crippen molar-refractivity contribution in [2.75, 3.05) is 32.1 Å². The molecule has 1 aromatic rings. The van der Waals surface area contributed by atoms with Gasteiger partial charge in [-0.05, 0) is 37.2 Å². The highest BCUT2D eigenvalue weighted by molar-refractivity contribution is 7.99. The minimum absolute atomic E-state index is 0.422. The molecule has 1 heterocycles. The average Bonchev–Trinajstić information content (AvgIpc) is 2.37. The summed E-state index contributed by atoms with van der Waals surface area (Å²) in [6.45, 7) is 5.82. The van der Waals surface area contributed by atoms with Crippen LogP contribution in [0.25, 0.3) is 0 Å². The minimum atomic E-state index is 0.422. The second-order valence-electron chi connectivity index (χ2n) is 6.97. The minimum Gasteiger partial charge on any atom is -0.308 e. The van der Waals surface area contributed by atoms with Crippen molar-refractivity contribution >= 4 is 11.8 Å². The van der Waals surface area contributed by atoms with Crippen LogP contribution in [0.4, 0.5) is 0 Å². The molecule has 112 valence electrons. The van der Waals surface area contributed by atoms with Crippen LogP contribution in [0.1, 0.15) is 31.9 Å². The van der Waals surface area contributed by atoms with Crippen LogP contribution < -0.4 is 5.32 Å². The maximum Gasteiger partial charge on any atom is 0.0451 e. The fourth-order valence-electron chi connectivity index (χ4n) is 2.96. The van der Waals surface area contributed by atoms with Crippen molar-refractivity contribution in [2.45, 2.75) is 32.4 Å². The Bertz CT molecular complexity index is 403. The molecule has 1 aliphatic heterocycles. The van der Waals surface area contributed by atoms with Crippen molar-refractivity contribution in [2.24, 2.45) is 5.41 Å². The normalized spacial score (nSPS) is 23.8. The van der Waals surface area contributed by atoms with E-state index in [0.29, 0.717) is 17.5 Å². The fraction of sp³-hybridized carbons (Fsp3) is 0.647. The molecular formula is C17H28N2S. The van der Waals surface area contributed by atoms with Crippen LogP contribution in [0.3, 0.4) is 0 Å². The largest absolute Gasteiger partial charge is 0.308 e. The summed E-state index contributed by atoms with van der Waals surface area (Å²) in [7, 11) is 4.30. The zero-order valence-electron chi connectivity index (χ0n) is 13.2. The Morgan fingerprint density at radius 1 is 1.30 bits per heavy atom. The van der Waals surface area contributed by atoms with Gasteiger partial charge < -0.3 is 10.2 Å². The lowest BCUT2D eigenvalue weighted by Crippen LogP contribution is -2.44. The number of hydrogen-bond donors (Lipinski definition) is 1. The summed E-state index contributed by atoms with van der Waals surface area (Å²) in [4.78, 5) is 2.27. The first-order valence-corrected chi connectivity index (χ1v) is 8.65. The maximum absolute atomic E-state index is 3.90. The summed E-state index contributed by atoms with van der Waals surface area (Å²) in [5.74, 6) is 2.52. The molecule has 1 N–H and O–H groups in total. The van der Waals surface area contributed by atoms with E-state index in [4.69, 9.17) is 0 Å². The van der Waals surface area contributed by atoms with Gasteiger partial charge in [0.25, 0.3) is 0 Å². The van der Waals surface area contributed by atoms with Gasteiger partial charge in [-0.2, -0.15) is 11.8 Å². The summed E-state index contributed by atoms with van der Waals surface area (Å²) in [5.41, 5.74) is 1.86. The lowest BCUT2D eigenvalue weighted by molar-refractivity contribution is 0.272. The SMILES string of the molecule is CN(C)CC(NC1CSCC(C)(C)C1)c1ccccc1. The van der Waals surface area contributed by atoms with Crippen LogP contribution >= 0.6 is 11.8 Å². The zero-order chi connectivity index (χ0) is 14.6. The van der Waals surface area contributed by atoms with E-state index < -0.39 is 0 Å². The third kappa shape index (κ3) is 4.80. The van der Waals surface area contributed by atoms with E-state index in [-0.39, 0.29) is 0 Å². The number of nitrogens with zero attached hydrogens (tertiary/aromatic N) is 1. The maximum atomic E-state index is 3.90. The molecule has 2 nitrogen and oxygen atoms in total. The number of nitrogens with one attached hydrogen (secondary N) is 1. The number of benzene rings is 1. The second kappa shape index (κ2) is 6.97. The summed E-state index contributed by atoms with van der Waals surface area (Å²) >= 11 is 2.09. The van der Waals surface area contributed by atoms with Crippen molar-refractivity contribution in [3.05, 3.63) is 35.9 Å². The molecule has 0 aromatic heterocycles. The van der Waals surface area contributed by atoms with Gasteiger partial charge in [0.2, 0.25) is 0 Å². The van der Waals surface area contributed by atoms with E-state index in [2.05, 4.69) is 80.3 Å². The summed E-state index contributed by atoms with van der Waals surface area (Å²) in [5, 5.41) is 3.90. The summed E-state index contributed by atoms with van der Waals surface area (Å²) in [6.07, 6.45) is 1.27. The third-order valence-corrected chi connectivity index (χ3v) is 5.42. The quantitative estimate of drug-likeness (QED) is 0.895. The van der Waals surface area contributed by atoms with Crippen molar-refractivity contribution in [1.82, 2.24) is 10.2 Å². The van der Waals surface area contributed by atoms with Crippen LogP contribution in [-0.4, -0.2) is 43.1 Å².